The topological polar surface area (TPSA) is 103 Å². The van der Waals surface area contributed by atoms with Gasteiger partial charge in [0.1, 0.15) is 13.2 Å². The van der Waals surface area contributed by atoms with Gasteiger partial charge in [0.2, 0.25) is 11.8 Å². The van der Waals surface area contributed by atoms with E-state index >= 15 is 0 Å². The molecule has 0 spiro atoms. The van der Waals surface area contributed by atoms with E-state index in [9.17, 15) is 14.4 Å². The third-order valence-electron chi connectivity index (χ3n) is 5.45. The third-order valence-corrected chi connectivity index (χ3v) is 5.45. The Hall–Kier alpha value is -2.61. The van der Waals surface area contributed by atoms with Crippen LogP contribution in [0.2, 0.25) is 0 Å². The minimum Gasteiger partial charge on any atom is -0.486 e. The number of quaternary nitrogens is 1. The van der Waals surface area contributed by atoms with Crippen molar-refractivity contribution in [1.82, 2.24) is 0 Å². The van der Waals surface area contributed by atoms with Crippen LogP contribution in [-0.4, -0.2) is 50.1 Å². The Morgan fingerprint density at radius 3 is 2.50 bits per heavy atom. The summed E-state index contributed by atoms with van der Waals surface area (Å²) in [4.78, 5) is 39.1. The maximum Gasteiger partial charge on any atom is 0.292 e. The second-order valence-electron chi connectivity index (χ2n) is 6.99. The van der Waals surface area contributed by atoms with E-state index in [1.165, 1.54) is 4.90 Å². The Morgan fingerprint density at radius 2 is 1.81 bits per heavy atom. The highest BCUT2D eigenvalue weighted by Gasteiger charge is 2.47. The summed E-state index contributed by atoms with van der Waals surface area (Å²) in [5, 5.41) is 0. The number of nitrogens with zero attached hydrogens (tertiary/aromatic N) is 1. The van der Waals surface area contributed by atoms with E-state index in [2.05, 4.69) is 0 Å². The molecule has 0 radical (unpaired) electrons. The molecule has 1 atom stereocenters. The molecule has 8 nitrogen and oxygen atoms in total. The fourth-order valence-electron chi connectivity index (χ4n) is 4.01. The molecule has 26 heavy (non-hydrogen) atoms. The summed E-state index contributed by atoms with van der Waals surface area (Å²) in [5.74, 6) is 0.359. The molecule has 0 bridgehead atoms. The van der Waals surface area contributed by atoms with Crippen molar-refractivity contribution in [3.05, 3.63) is 18.2 Å². The predicted molar refractivity (Wildman–Crippen MR) is 90.9 cm³/mol. The summed E-state index contributed by atoms with van der Waals surface area (Å²) in [6.45, 7) is 2.28. The molecule has 2 fully saturated rings. The van der Waals surface area contributed by atoms with Gasteiger partial charge in [0.05, 0.1) is 25.2 Å². The molecule has 8 heteroatoms. The standard InChI is InChI=1S/C18H21N3O5/c19-17(23)11-3-5-20(6-4-11)13-10-16(22)21(18(13)24)12-1-2-14-15(9-12)26-8-7-25-14/h1-2,9,11,13H,3-8,10H2,(H2,19,23)/p+1/t13-/m1/s1. The molecule has 0 unspecified atom stereocenters. The van der Waals surface area contributed by atoms with Gasteiger partial charge in [-0.1, -0.05) is 0 Å². The quantitative estimate of drug-likeness (QED) is 0.664. The lowest BCUT2D eigenvalue weighted by atomic mass is 9.95. The Kier molecular flexibility index (Phi) is 4.28. The Morgan fingerprint density at radius 1 is 1.12 bits per heavy atom. The fraction of sp³-hybridized carbons (Fsp3) is 0.500. The van der Waals surface area contributed by atoms with E-state index in [0.29, 0.717) is 56.3 Å². The van der Waals surface area contributed by atoms with Crippen LogP contribution in [0, 0.1) is 5.92 Å². The zero-order chi connectivity index (χ0) is 18.3. The van der Waals surface area contributed by atoms with Gasteiger partial charge in [-0.25, -0.2) is 4.90 Å². The Labute approximate surface area is 150 Å². The normalized spacial score (nSPS) is 28.3. The molecule has 0 aromatic heterocycles. The largest absolute Gasteiger partial charge is 0.486 e. The lowest BCUT2D eigenvalue weighted by Crippen LogP contribution is -3.17. The zero-order valence-electron chi connectivity index (χ0n) is 14.4. The molecule has 3 aliphatic rings. The van der Waals surface area contributed by atoms with Gasteiger partial charge in [0.25, 0.3) is 5.91 Å². The SMILES string of the molecule is NC(=O)C1CC[NH+]([C@@H]2CC(=O)N(c3ccc4c(c3)OCCO4)C2=O)CC1. The first-order chi connectivity index (χ1) is 12.5. The van der Waals surface area contributed by atoms with Crippen LogP contribution in [0.15, 0.2) is 18.2 Å². The number of amides is 3. The van der Waals surface area contributed by atoms with Crippen molar-refractivity contribution >= 4 is 23.4 Å². The lowest BCUT2D eigenvalue weighted by Gasteiger charge is -2.30. The highest BCUT2D eigenvalue weighted by molar-refractivity contribution is 6.22. The number of ether oxygens (including phenoxy) is 2. The predicted octanol–water partition coefficient (Wildman–Crippen LogP) is -1.13. The Balaban J connectivity index is 1.50. The lowest BCUT2D eigenvalue weighted by molar-refractivity contribution is -0.920. The molecular weight excluding hydrogens is 338 g/mol. The average molecular weight is 360 g/mol. The van der Waals surface area contributed by atoms with Crippen LogP contribution in [-0.2, 0) is 14.4 Å². The number of benzene rings is 1. The van der Waals surface area contributed by atoms with Gasteiger partial charge < -0.3 is 20.1 Å². The van der Waals surface area contributed by atoms with Gasteiger partial charge in [-0.05, 0) is 12.1 Å². The van der Waals surface area contributed by atoms with Crippen molar-refractivity contribution in [3.63, 3.8) is 0 Å². The fourth-order valence-corrected chi connectivity index (χ4v) is 4.01. The van der Waals surface area contributed by atoms with Crippen molar-refractivity contribution in [2.45, 2.75) is 25.3 Å². The number of hydrogen-bond donors (Lipinski definition) is 2. The summed E-state index contributed by atoms with van der Waals surface area (Å²) < 4.78 is 11.0. The van der Waals surface area contributed by atoms with Gasteiger partial charge >= 0.3 is 0 Å². The number of fused-ring (bicyclic) bond motifs is 1. The number of carbonyl (C=O) groups excluding carboxylic acids is 3. The molecule has 3 heterocycles. The smallest absolute Gasteiger partial charge is 0.292 e. The van der Waals surface area contributed by atoms with Crippen LogP contribution in [0.4, 0.5) is 5.69 Å². The van der Waals surface area contributed by atoms with Gasteiger partial charge in [-0.15, -0.1) is 0 Å². The van der Waals surface area contributed by atoms with Crippen LogP contribution >= 0.6 is 0 Å². The minimum absolute atomic E-state index is 0.125. The van der Waals surface area contributed by atoms with E-state index in [4.69, 9.17) is 15.2 Å². The number of nitrogens with one attached hydrogen (secondary N) is 1. The minimum atomic E-state index is -0.399. The van der Waals surface area contributed by atoms with Crippen LogP contribution in [0.1, 0.15) is 19.3 Å². The molecular formula is C18H22N3O5+. The van der Waals surface area contributed by atoms with E-state index in [1.54, 1.807) is 18.2 Å². The molecule has 0 aliphatic carbocycles. The molecule has 3 amide bonds. The number of hydrogen-bond acceptors (Lipinski definition) is 5. The highest BCUT2D eigenvalue weighted by Crippen LogP contribution is 2.35. The summed E-state index contributed by atoms with van der Waals surface area (Å²) in [6.07, 6.45) is 1.50. The first kappa shape index (κ1) is 16.8. The molecule has 3 aliphatic heterocycles. The third kappa shape index (κ3) is 2.90. The van der Waals surface area contributed by atoms with Crippen molar-refractivity contribution in [1.29, 1.82) is 0 Å². The van der Waals surface area contributed by atoms with Gasteiger partial charge in [-0.2, -0.15) is 0 Å². The van der Waals surface area contributed by atoms with Crippen molar-refractivity contribution in [3.8, 4) is 11.5 Å². The van der Waals surface area contributed by atoms with E-state index in [0.717, 1.165) is 4.90 Å². The van der Waals surface area contributed by atoms with E-state index in [1.807, 2.05) is 0 Å². The second kappa shape index (κ2) is 6.60. The number of piperidine rings is 1. The first-order valence-corrected chi connectivity index (χ1v) is 8.95. The van der Waals surface area contributed by atoms with E-state index < -0.39 is 6.04 Å². The summed E-state index contributed by atoms with van der Waals surface area (Å²) >= 11 is 0. The van der Waals surface area contributed by atoms with Gasteiger partial charge in [0.15, 0.2) is 17.5 Å². The summed E-state index contributed by atoms with van der Waals surface area (Å²) in [6, 6.07) is 4.72. The summed E-state index contributed by atoms with van der Waals surface area (Å²) in [7, 11) is 0. The van der Waals surface area contributed by atoms with Crippen molar-refractivity contribution in [2.75, 3.05) is 31.2 Å². The molecule has 0 saturated carbocycles. The number of carbonyl (C=O) groups is 3. The number of primary amides is 1. The Bertz CT molecular complexity index is 757. The monoisotopic (exact) mass is 360 g/mol. The summed E-state index contributed by atoms with van der Waals surface area (Å²) in [5.41, 5.74) is 5.88. The molecule has 2 saturated heterocycles. The van der Waals surface area contributed by atoms with Crippen LogP contribution in [0.5, 0.6) is 11.5 Å². The van der Waals surface area contributed by atoms with Gasteiger partial charge in [-0.3, -0.25) is 14.4 Å². The molecule has 3 N–H and O–H groups in total. The number of likely N-dealkylation sites (tertiary alicyclic amines) is 1. The highest BCUT2D eigenvalue weighted by atomic mass is 16.6. The van der Waals surface area contributed by atoms with Crippen LogP contribution < -0.4 is 25.0 Å². The van der Waals surface area contributed by atoms with E-state index in [-0.39, 0.29) is 30.1 Å². The number of rotatable bonds is 3. The van der Waals surface area contributed by atoms with Crippen molar-refractivity contribution in [2.24, 2.45) is 11.7 Å². The zero-order valence-corrected chi connectivity index (χ0v) is 14.4. The first-order valence-electron chi connectivity index (χ1n) is 8.95. The molecule has 138 valence electrons. The molecule has 4 rings (SSSR count). The molecule has 1 aromatic carbocycles. The van der Waals surface area contributed by atoms with Crippen LogP contribution in [0.3, 0.4) is 0 Å². The van der Waals surface area contributed by atoms with Crippen LogP contribution in [0.25, 0.3) is 0 Å². The number of anilines is 1. The van der Waals surface area contributed by atoms with Crippen molar-refractivity contribution < 1.29 is 28.8 Å². The maximum absolute atomic E-state index is 12.9. The molecule has 1 aromatic rings. The van der Waals surface area contributed by atoms with Gasteiger partial charge in [0, 0.05) is 24.8 Å². The average Bonchev–Trinajstić information content (AvgIpc) is 2.95. The maximum atomic E-state index is 12.9. The number of imide groups is 1. The second-order valence-corrected chi connectivity index (χ2v) is 6.99. The number of nitrogens with two attached hydrogens (primary N) is 1.